The van der Waals surface area contributed by atoms with Crippen molar-refractivity contribution in [3.8, 4) is 23.3 Å². The number of aliphatic hydroxyl groups excluding tert-OH is 1. The van der Waals surface area contributed by atoms with Gasteiger partial charge in [0.1, 0.15) is 24.7 Å². The number of aromatic nitrogens is 2. The van der Waals surface area contributed by atoms with Gasteiger partial charge in [0.2, 0.25) is 0 Å². The highest BCUT2D eigenvalue weighted by Gasteiger charge is 2.05. The molecule has 0 atom stereocenters. The average Bonchev–Trinajstić information content (AvgIpc) is 2.52. The molecule has 5 heteroatoms. The standard InChI is InChI=1S/C15H14N2O3/c1-19-13-5-6-14(12(10-13)4-2-9-18)20-11-15-16-7-3-8-17-15/h3,5-8,10,18H,9,11H2,1H3. The molecule has 0 radical (unpaired) electrons. The van der Waals surface area contributed by atoms with Crippen molar-refractivity contribution >= 4 is 0 Å². The van der Waals surface area contributed by atoms with Gasteiger partial charge in [-0.05, 0) is 24.3 Å². The fourth-order valence-corrected chi connectivity index (χ4v) is 1.54. The van der Waals surface area contributed by atoms with Crippen LogP contribution in [0, 0.1) is 11.8 Å². The van der Waals surface area contributed by atoms with Crippen LogP contribution in [-0.2, 0) is 6.61 Å². The van der Waals surface area contributed by atoms with Crippen LogP contribution in [0.2, 0.25) is 0 Å². The summed E-state index contributed by atoms with van der Waals surface area (Å²) in [4.78, 5) is 8.17. The first kappa shape index (κ1) is 13.8. The molecule has 0 saturated heterocycles. The molecule has 20 heavy (non-hydrogen) atoms. The predicted octanol–water partition coefficient (Wildman–Crippen LogP) is 1.41. The number of rotatable bonds is 4. The maximum atomic E-state index is 8.79. The topological polar surface area (TPSA) is 64.5 Å². The van der Waals surface area contributed by atoms with Gasteiger partial charge in [-0.1, -0.05) is 11.8 Å². The number of aliphatic hydroxyl groups is 1. The number of ether oxygens (including phenoxy) is 2. The molecule has 0 saturated carbocycles. The summed E-state index contributed by atoms with van der Waals surface area (Å²) in [6.07, 6.45) is 3.32. The Morgan fingerprint density at radius 3 is 2.75 bits per heavy atom. The van der Waals surface area contributed by atoms with E-state index in [9.17, 15) is 0 Å². The zero-order chi connectivity index (χ0) is 14.2. The SMILES string of the molecule is COc1ccc(OCc2ncccn2)c(C#CCO)c1. The molecule has 1 aromatic carbocycles. The summed E-state index contributed by atoms with van der Waals surface area (Å²) < 4.78 is 10.8. The largest absolute Gasteiger partial charge is 0.497 e. The molecule has 2 rings (SSSR count). The van der Waals surface area contributed by atoms with Gasteiger partial charge in [0.25, 0.3) is 0 Å². The fourth-order valence-electron chi connectivity index (χ4n) is 1.54. The molecule has 0 spiro atoms. The molecule has 0 aliphatic heterocycles. The third-order valence-electron chi connectivity index (χ3n) is 2.46. The van der Waals surface area contributed by atoms with E-state index in [0.29, 0.717) is 22.9 Å². The predicted molar refractivity (Wildman–Crippen MR) is 73.3 cm³/mol. The molecular formula is C15H14N2O3. The second kappa shape index (κ2) is 7.12. The van der Waals surface area contributed by atoms with Crippen LogP contribution < -0.4 is 9.47 Å². The molecule has 0 aliphatic rings. The van der Waals surface area contributed by atoms with Crippen molar-refractivity contribution in [3.63, 3.8) is 0 Å². The highest BCUT2D eigenvalue weighted by atomic mass is 16.5. The molecule has 5 nitrogen and oxygen atoms in total. The van der Waals surface area contributed by atoms with Gasteiger partial charge in [-0.3, -0.25) is 0 Å². The number of methoxy groups -OCH3 is 1. The molecule has 1 heterocycles. The molecule has 0 unspecified atom stereocenters. The highest BCUT2D eigenvalue weighted by Crippen LogP contribution is 2.23. The monoisotopic (exact) mass is 270 g/mol. The molecule has 0 aliphatic carbocycles. The van der Waals surface area contributed by atoms with Crippen LogP contribution in [0.5, 0.6) is 11.5 Å². The van der Waals surface area contributed by atoms with Crippen LogP contribution >= 0.6 is 0 Å². The zero-order valence-electron chi connectivity index (χ0n) is 11.0. The fraction of sp³-hybridized carbons (Fsp3) is 0.200. The van der Waals surface area contributed by atoms with E-state index in [-0.39, 0.29) is 13.2 Å². The molecular weight excluding hydrogens is 256 g/mol. The Morgan fingerprint density at radius 2 is 2.05 bits per heavy atom. The lowest BCUT2D eigenvalue weighted by Gasteiger charge is -2.09. The smallest absolute Gasteiger partial charge is 0.166 e. The lowest BCUT2D eigenvalue weighted by molar-refractivity contribution is 0.294. The van der Waals surface area contributed by atoms with Gasteiger partial charge in [0.05, 0.1) is 12.7 Å². The van der Waals surface area contributed by atoms with E-state index in [0.717, 1.165) is 0 Å². The van der Waals surface area contributed by atoms with E-state index in [2.05, 4.69) is 21.8 Å². The van der Waals surface area contributed by atoms with E-state index in [1.807, 2.05) is 0 Å². The van der Waals surface area contributed by atoms with Crippen molar-refractivity contribution in [1.82, 2.24) is 9.97 Å². The summed E-state index contributed by atoms with van der Waals surface area (Å²) >= 11 is 0. The lowest BCUT2D eigenvalue weighted by Crippen LogP contribution is -2.01. The van der Waals surface area contributed by atoms with Crippen molar-refractivity contribution in [1.29, 1.82) is 0 Å². The summed E-state index contributed by atoms with van der Waals surface area (Å²) in [5.41, 5.74) is 0.648. The van der Waals surface area contributed by atoms with Gasteiger partial charge < -0.3 is 14.6 Å². The Bertz CT molecular complexity index is 618. The third kappa shape index (κ3) is 3.70. The van der Waals surface area contributed by atoms with Crippen molar-refractivity contribution in [3.05, 3.63) is 48.0 Å². The first-order chi connectivity index (χ1) is 9.83. The second-order valence-corrected chi connectivity index (χ2v) is 3.78. The lowest BCUT2D eigenvalue weighted by atomic mass is 10.2. The Morgan fingerprint density at radius 1 is 1.25 bits per heavy atom. The molecule has 2 aromatic rings. The van der Waals surface area contributed by atoms with Crippen molar-refractivity contribution in [2.24, 2.45) is 0 Å². The van der Waals surface area contributed by atoms with Crippen LogP contribution in [0.1, 0.15) is 11.4 Å². The number of nitrogens with zero attached hydrogens (tertiary/aromatic N) is 2. The maximum Gasteiger partial charge on any atom is 0.166 e. The molecule has 102 valence electrons. The van der Waals surface area contributed by atoms with Crippen LogP contribution in [-0.4, -0.2) is 28.8 Å². The van der Waals surface area contributed by atoms with E-state index in [1.54, 1.807) is 43.8 Å². The van der Waals surface area contributed by atoms with Crippen molar-refractivity contribution < 1.29 is 14.6 Å². The Labute approximate surface area is 117 Å². The number of hydrogen-bond acceptors (Lipinski definition) is 5. The van der Waals surface area contributed by atoms with Crippen molar-refractivity contribution in [2.75, 3.05) is 13.7 Å². The molecule has 1 N–H and O–H groups in total. The third-order valence-corrected chi connectivity index (χ3v) is 2.46. The van der Waals surface area contributed by atoms with Gasteiger partial charge in [0.15, 0.2) is 5.82 Å². The van der Waals surface area contributed by atoms with Crippen LogP contribution in [0.25, 0.3) is 0 Å². The average molecular weight is 270 g/mol. The van der Waals surface area contributed by atoms with E-state index in [4.69, 9.17) is 14.6 Å². The molecule has 0 amide bonds. The summed E-state index contributed by atoms with van der Waals surface area (Å²) in [6, 6.07) is 7.05. The molecule has 1 aromatic heterocycles. The van der Waals surface area contributed by atoms with Gasteiger partial charge >= 0.3 is 0 Å². The van der Waals surface area contributed by atoms with E-state index >= 15 is 0 Å². The second-order valence-electron chi connectivity index (χ2n) is 3.78. The maximum absolute atomic E-state index is 8.79. The van der Waals surface area contributed by atoms with E-state index in [1.165, 1.54) is 0 Å². The highest BCUT2D eigenvalue weighted by molar-refractivity contribution is 5.50. The number of hydrogen-bond donors (Lipinski definition) is 1. The van der Waals surface area contributed by atoms with Crippen molar-refractivity contribution in [2.45, 2.75) is 6.61 Å². The zero-order valence-corrected chi connectivity index (χ0v) is 11.0. The number of benzene rings is 1. The van der Waals surface area contributed by atoms with Crippen LogP contribution in [0.4, 0.5) is 0 Å². The Hall–Kier alpha value is -2.58. The Balaban J connectivity index is 2.17. The summed E-state index contributed by atoms with van der Waals surface area (Å²) in [5.74, 6) is 7.28. The summed E-state index contributed by atoms with van der Waals surface area (Å²) in [6.45, 7) is 0.0411. The summed E-state index contributed by atoms with van der Waals surface area (Å²) in [5, 5.41) is 8.79. The minimum Gasteiger partial charge on any atom is -0.497 e. The first-order valence-electron chi connectivity index (χ1n) is 6.00. The van der Waals surface area contributed by atoms with E-state index < -0.39 is 0 Å². The Kier molecular flexibility index (Phi) is 4.93. The van der Waals surface area contributed by atoms with Gasteiger partial charge in [-0.15, -0.1) is 0 Å². The quantitative estimate of drug-likeness (QED) is 0.851. The van der Waals surface area contributed by atoms with Gasteiger partial charge in [0, 0.05) is 12.4 Å². The van der Waals surface area contributed by atoms with Crippen LogP contribution in [0.3, 0.4) is 0 Å². The minimum absolute atomic E-state index is 0.210. The molecule has 0 bridgehead atoms. The first-order valence-corrected chi connectivity index (χ1v) is 6.00. The molecule has 0 fully saturated rings. The normalized spacial score (nSPS) is 9.50. The van der Waals surface area contributed by atoms with Crippen LogP contribution in [0.15, 0.2) is 36.7 Å². The van der Waals surface area contributed by atoms with Gasteiger partial charge in [-0.25, -0.2) is 9.97 Å². The van der Waals surface area contributed by atoms with Gasteiger partial charge in [-0.2, -0.15) is 0 Å². The summed E-state index contributed by atoms with van der Waals surface area (Å²) in [7, 11) is 1.58. The minimum atomic E-state index is -0.210.